The minimum absolute atomic E-state index is 0.0126. The van der Waals surface area contributed by atoms with Crippen LogP contribution in [0.1, 0.15) is 37.8 Å². The zero-order valence-corrected chi connectivity index (χ0v) is 26.4. The number of hydrogen-bond donors (Lipinski definition) is 2. The van der Waals surface area contributed by atoms with Crippen LogP contribution in [0.15, 0.2) is 36.4 Å². The third kappa shape index (κ3) is 7.95. The van der Waals surface area contributed by atoms with E-state index in [-0.39, 0.29) is 35.6 Å². The monoisotopic (exact) mass is 621 g/mol. The van der Waals surface area contributed by atoms with E-state index < -0.39 is 0 Å². The standard InChI is InChI=1S/C16H20N2O3.C11H13BNO3.C5H9NO2/c1-3-15(19)18-7-6-11-8-13(4-5-14(11)18)17-9-12(10-17)16(20)21-2;1-2-11(14)13-6-5-8-7-9(16-12-15)3-4-10(8)13;1-8-5(7)4-2-6-3-4/h4-5,8,12H,3,6-7,9-10H2,1-2H3;3-4,7,15H,2,5-6H2,1H3;4,6H,2-3H2,1H3. The van der Waals surface area contributed by atoms with Gasteiger partial charge in [-0.25, -0.2) is 0 Å². The van der Waals surface area contributed by atoms with Crippen molar-refractivity contribution in [3.8, 4) is 5.75 Å². The van der Waals surface area contributed by atoms with E-state index in [9.17, 15) is 19.2 Å². The first-order chi connectivity index (χ1) is 21.7. The van der Waals surface area contributed by atoms with Crippen LogP contribution in [0.25, 0.3) is 0 Å². The van der Waals surface area contributed by atoms with Crippen molar-refractivity contribution in [1.29, 1.82) is 0 Å². The summed E-state index contributed by atoms with van der Waals surface area (Å²) in [5.74, 6) is 0.793. The Hall–Kier alpha value is -4.10. The van der Waals surface area contributed by atoms with Gasteiger partial charge in [0, 0.05) is 69.2 Å². The highest BCUT2D eigenvalue weighted by atomic mass is 16.5. The first kappa shape index (κ1) is 33.8. The van der Waals surface area contributed by atoms with Crippen molar-refractivity contribution < 1.29 is 38.3 Å². The summed E-state index contributed by atoms with van der Waals surface area (Å²) in [4.78, 5) is 51.3. The summed E-state index contributed by atoms with van der Waals surface area (Å²) in [6.45, 7) is 8.25. The number of hydrogen-bond acceptors (Lipinski definition) is 10. The molecule has 2 N–H and O–H groups in total. The molecule has 2 aromatic rings. The summed E-state index contributed by atoms with van der Waals surface area (Å²) in [6.07, 6.45) is 2.79. The molecule has 1 radical (unpaired) electrons. The quantitative estimate of drug-likeness (QED) is 0.348. The number of carbonyl (C=O) groups excluding carboxylic acids is 4. The van der Waals surface area contributed by atoms with Crippen LogP contribution in [-0.4, -0.2) is 90.0 Å². The molecule has 4 heterocycles. The lowest BCUT2D eigenvalue weighted by molar-refractivity contribution is -0.147. The molecule has 0 aliphatic carbocycles. The fourth-order valence-electron chi connectivity index (χ4n) is 5.62. The predicted octanol–water partition coefficient (Wildman–Crippen LogP) is 1.86. The Labute approximate surface area is 264 Å². The van der Waals surface area contributed by atoms with Gasteiger partial charge in [0.1, 0.15) is 5.75 Å². The van der Waals surface area contributed by atoms with Crippen LogP contribution >= 0.6 is 0 Å². The second-order valence-electron chi connectivity index (χ2n) is 11.1. The van der Waals surface area contributed by atoms with E-state index in [0.29, 0.717) is 39.4 Å². The number of methoxy groups -OCH3 is 2. The third-order valence-corrected chi connectivity index (χ3v) is 8.40. The van der Waals surface area contributed by atoms with Gasteiger partial charge in [-0.2, -0.15) is 0 Å². The van der Waals surface area contributed by atoms with Crippen molar-refractivity contribution in [3.63, 3.8) is 0 Å². The number of anilines is 3. The lowest BCUT2D eigenvalue weighted by atomic mass is 9.98. The maximum absolute atomic E-state index is 11.9. The molecule has 2 saturated heterocycles. The lowest BCUT2D eigenvalue weighted by Crippen LogP contribution is -2.50. The molecule has 0 spiro atoms. The number of nitrogens with zero attached hydrogens (tertiary/aromatic N) is 3. The summed E-state index contributed by atoms with van der Waals surface area (Å²) >= 11 is 0. The highest BCUT2D eigenvalue weighted by molar-refractivity contribution is 6.17. The van der Waals surface area contributed by atoms with E-state index in [1.807, 2.05) is 43.0 Å². The van der Waals surface area contributed by atoms with Crippen molar-refractivity contribution in [2.45, 2.75) is 39.5 Å². The average molecular weight is 622 g/mol. The molecule has 2 fully saturated rings. The first-order valence-corrected chi connectivity index (χ1v) is 15.3. The second-order valence-corrected chi connectivity index (χ2v) is 11.1. The first-order valence-electron chi connectivity index (χ1n) is 15.3. The summed E-state index contributed by atoms with van der Waals surface area (Å²) in [5, 5.41) is 11.5. The Balaban J connectivity index is 0.000000169. The molecule has 241 valence electrons. The maximum Gasteiger partial charge on any atom is 0.569 e. The smallest absolute Gasteiger partial charge is 0.537 e. The van der Waals surface area contributed by atoms with Gasteiger partial charge in [-0.15, -0.1) is 0 Å². The van der Waals surface area contributed by atoms with Crippen molar-refractivity contribution in [2.24, 2.45) is 11.8 Å². The molecule has 4 aliphatic heterocycles. The predicted molar refractivity (Wildman–Crippen MR) is 170 cm³/mol. The molecule has 4 aliphatic rings. The lowest BCUT2D eigenvalue weighted by Gasteiger charge is -2.39. The molecular formula is C32H42BN4O8. The molecule has 2 aromatic carbocycles. The Kier molecular flexibility index (Phi) is 11.8. The van der Waals surface area contributed by atoms with Gasteiger partial charge >= 0.3 is 19.6 Å². The molecule has 12 nitrogen and oxygen atoms in total. The van der Waals surface area contributed by atoms with Crippen molar-refractivity contribution in [3.05, 3.63) is 47.5 Å². The number of ether oxygens (including phenoxy) is 2. The fourth-order valence-corrected chi connectivity index (χ4v) is 5.62. The van der Waals surface area contributed by atoms with Gasteiger partial charge in [-0.05, 0) is 60.4 Å². The van der Waals surface area contributed by atoms with Crippen LogP contribution in [0.3, 0.4) is 0 Å². The van der Waals surface area contributed by atoms with Crippen molar-refractivity contribution in [2.75, 3.05) is 68.2 Å². The Morgan fingerprint density at radius 1 is 0.822 bits per heavy atom. The molecule has 0 unspecified atom stereocenters. The third-order valence-electron chi connectivity index (χ3n) is 8.40. The molecule has 13 heteroatoms. The number of nitrogens with one attached hydrogen (secondary N) is 1. The molecule has 0 aromatic heterocycles. The van der Waals surface area contributed by atoms with E-state index in [1.165, 1.54) is 19.8 Å². The minimum Gasteiger partial charge on any atom is -0.537 e. The van der Waals surface area contributed by atoms with E-state index in [4.69, 9.17) is 14.4 Å². The fraction of sp³-hybridized carbons (Fsp3) is 0.500. The van der Waals surface area contributed by atoms with Crippen LogP contribution in [0.2, 0.25) is 0 Å². The molecule has 45 heavy (non-hydrogen) atoms. The van der Waals surface area contributed by atoms with Crippen molar-refractivity contribution in [1.82, 2.24) is 5.32 Å². The summed E-state index contributed by atoms with van der Waals surface area (Å²) in [6, 6.07) is 11.7. The van der Waals surface area contributed by atoms with E-state index in [2.05, 4.69) is 21.0 Å². The van der Waals surface area contributed by atoms with Gasteiger partial charge in [0.05, 0.1) is 26.1 Å². The number of rotatable bonds is 7. The highest BCUT2D eigenvalue weighted by Gasteiger charge is 2.34. The van der Waals surface area contributed by atoms with Crippen LogP contribution in [0, 0.1) is 11.8 Å². The number of benzene rings is 2. The van der Waals surface area contributed by atoms with Gasteiger partial charge in [0.15, 0.2) is 0 Å². The molecule has 0 bridgehead atoms. The summed E-state index contributed by atoms with van der Waals surface area (Å²) in [7, 11) is 3.51. The number of fused-ring (bicyclic) bond motifs is 2. The maximum atomic E-state index is 11.9. The van der Waals surface area contributed by atoms with Crippen LogP contribution in [-0.2, 0) is 41.5 Å². The minimum atomic E-state index is -0.132. The average Bonchev–Trinajstić information content (AvgIpc) is 3.63. The Morgan fingerprint density at radius 3 is 1.82 bits per heavy atom. The number of carbonyl (C=O) groups is 4. The molecule has 2 amide bonds. The van der Waals surface area contributed by atoms with E-state index in [0.717, 1.165) is 61.6 Å². The molecular weight excluding hydrogens is 579 g/mol. The van der Waals surface area contributed by atoms with Gasteiger partial charge < -0.3 is 39.2 Å². The molecule has 0 atom stereocenters. The largest absolute Gasteiger partial charge is 0.569 e. The van der Waals surface area contributed by atoms with Gasteiger partial charge in [0.25, 0.3) is 0 Å². The Bertz CT molecular complexity index is 1380. The number of esters is 2. The zero-order chi connectivity index (χ0) is 32.5. The number of amides is 2. The van der Waals surface area contributed by atoms with E-state index >= 15 is 0 Å². The topological polar surface area (TPSA) is 138 Å². The highest BCUT2D eigenvalue weighted by Crippen LogP contribution is 2.35. The zero-order valence-electron chi connectivity index (χ0n) is 26.4. The summed E-state index contributed by atoms with van der Waals surface area (Å²) in [5.41, 5.74) is 5.42. The SMILES string of the molecule is CCC(=O)N1CCc2cc(N3CC(C(=O)OC)C3)ccc21.CCC(=O)N1CCc2cc(O[B]O)ccc21.COC(=O)C1CNC1. The van der Waals surface area contributed by atoms with Crippen LogP contribution in [0.5, 0.6) is 5.75 Å². The second kappa shape index (κ2) is 15.8. The van der Waals surface area contributed by atoms with Crippen LogP contribution < -0.4 is 24.7 Å². The van der Waals surface area contributed by atoms with Gasteiger partial charge in [-0.1, -0.05) is 13.8 Å². The Morgan fingerprint density at radius 2 is 1.36 bits per heavy atom. The van der Waals surface area contributed by atoms with Crippen LogP contribution in [0.4, 0.5) is 17.1 Å². The van der Waals surface area contributed by atoms with Gasteiger partial charge in [-0.3, -0.25) is 19.2 Å². The van der Waals surface area contributed by atoms with E-state index in [1.54, 1.807) is 11.0 Å². The van der Waals surface area contributed by atoms with Gasteiger partial charge in [0.2, 0.25) is 11.8 Å². The molecule has 6 rings (SSSR count). The molecule has 0 saturated carbocycles. The van der Waals surface area contributed by atoms with Crippen molar-refractivity contribution >= 4 is 48.5 Å². The summed E-state index contributed by atoms with van der Waals surface area (Å²) < 4.78 is 14.1. The normalized spacial score (nSPS) is 16.4.